The van der Waals surface area contributed by atoms with Gasteiger partial charge in [-0.15, -0.1) is 0 Å². The monoisotopic (exact) mass is 288 g/mol. The van der Waals surface area contributed by atoms with Gasteiger partial charge >= 0.3 is 11.8 Å². The summed E-state index contributed by atoms with van der Waals surface area (Å²) in [5, 5.41) is 2.87. The Hall–Kier alpha value is -1.88. The van der Waals surface area contributed by atoms with Crippen LogP contribution in [0.15, 0.2) is 30.3 Å². The van der Waals surface area contributed by atoms with Crippen molar-refractivity contribution in [2.45, 2.75) is 32.0 Å². The normalized spacial score (nSPS) is 29.0. The molecule has 1 aromatic carbocycles. The third-order valence-corrected chi connectivity index (χ3v) is 4.42. The van der Waals surface area contributed by atoms with Gasteiger partial charge in [0.15, 0.2) is 0 Å². The number of rotatable bonds is 3. The number of amides is 2. The molecule has 2 aliphatic heterocycles. The first-order valence-electron chi connectivity index (χ1n) is 7.44. The van der Waals surface area contributed by atoms with Crippen LogP contribution in [-0.2, 0) is 20.9 Å². The fourth-order valence-corrected chi connectivity index (χ4v) is 3.19. The molecule has 3 rings (SSSR count). The summed E-state index contributed by atoms with van der Waals surface area (Å²) in [6.07, 6.45) is 0.925. The van der Waals surface area contributed by atoms with Gasteiger partial charge < -0.3 is 15.0 Å². The van der Waals surface area contributed by atoms with Crippen LogP contribution in [0, 0.1) is 5.92 Å². The van der Waals surface area contributed by atoms with Gasteiger partial charge in [-0.2, -0.15) is 0 Å². The minimum Gasteiger partial charge on any atom is -0.379 e. The molecular formula is C16H20N2O3. The van der Waals surface area contributed by atoms with E-state index in [1.807, 2.05) is 30.3 Å². The Bertz CT molecular complexity index is 532. The average Bonchev–Trinajstić information content (AvgIpc) is 2.52. The zero-order chi connectivity index (χ0) is 14.8. The highest BCUT2D eigenvalue weighted by Gasteiger charge is 2.45. The van der Waals surface area contributed by atoms with Crippen molar-refractivity contribution >= 4 is 11.8 Å². The molecular weight excluding hydrogens is 268 g/mol. The maximum atomic E-state index is 12.2. The maximum Gasteiger partial charge on any atom is 0.312 e. The Balaban J connectivity index is 1.85. The summed E-state index contributed by atoms with van der Waals surface area (Å²) in [5.74, 6) is -0.688. The van der Waals surface area contributed by atoms with Crippen LogP contribution in [0.1, 0.15) is 18.9 Å². The van der Waals surface area contributed by atoms with Crippen LogP contribution in [0.2, 0.25) is 0 Å². The van der Waals surface area contributed by atoms with Crippen molar-refractivity contribution in [1.29, 1.82) is 0 Å². The lowest BCUT2D eigenvalue weighted by molar-refractivity contribution is -0.159. The van der Waals surface area contributed by atoms with E-state index >= 15 is 0 Å². The van der Waals surface area contributed by atoms with E-state index < -0.39 is 11.8 Å². The molecule has 0 saturated carbocycles. The molecule has 2 heterocycles. The van der Waals surface area contributed by atoms with E-state index in [2.05, 4.69) is 12.2 Å². The van der Waals surface area contributed by atoms with E-state index in [0.717, 1.165) is 12.0 Å². The van der Waals surface area contributed by atoms with Gasteiger partial charge in [0.25, 0.3) is 0 Å². The molecule has 1 unspecified atom stereocenters. The highest BCUT2D eigenvalue weighted by atomic mass is 16.5. The fraction of sp³-hybridized carbons (Fsp3) is 0.500. The molecule has 0 aromatic heterocycles. The lowest BCUT2D eigenvalue weighted by atomic mass is 9.87. The predicted octanol–water partition coefficient (Wildman–Crippen LogP) is 0.939. The van der Waals surface area contributed by atoms with Crippen molar-refractivity contribution in [2.75, 3.05) is 13.2 Å². The van der Waals surface area contributed by atoms with Gasteiger partial charge in [-0.3, -0.25) is 9.59 Å². The van der Waals surface area contributed by atoms with Gasteiger partial charge in [0.05, 0.1) is 25.3 Å². The quantitative estimate of drug-likeness (QED) is 0.842. The fourth-order valence-electron chi connectivity index (χ4n) is 3.19. The Morgan fingerprint density at radius 1 is 1.24 bits per heavy atom. The number of nitrogens with one attached hydrogen (secondary N) is 1. The van der Waals surface area contributed by atoms with Gasteiger partial charge in [0.1, 0.15) is 0 Å². The molecule has 3 atom stereocenters. The lowest BCUT2D eigenvalue weighted by Crippen LogP contribution is -2.68. The molecule has 1 N–H and O–H groups in total. The van der Waals surface area contributed by atoms with Crippen LogP contribution in [0.4, 0.5) is 0 Å². The molecule has 5 heteroatoms. The first-order valence-corrected chi connectivity index (χ1v) is 7.44. The number of carbonyl (C=O) groups is 2. The molecule has 1 aromatic rings. The molecule has 0 spiro atoms. The Morgan fingerprint density at radius 2 is 2.00 bits per heavy atom. The molecule has 5 nitrogen and oxygen atoms in total. The second kappa shape index (κ2) is 5.85. The summed E-state index contributed by atoms with van der Waals surface area (Å²) in [7, 11) is 0. The van der Waals surface area contributed by atoms with Crippen LogP contribution < -0.4 is 5.32 Å². The zero-order valence-corrected chi connectivity index (χ0v) is 12.1. The average molecular weight is 288 g/mol. The predicted molar refractivity (Wildman–Crippen MR) is 77.3 cm³/mol. The summed E-state index contributed by atoms with van der Waals surface area (Å²) in [6, 6.07) is 9.67. The van der Waals surface area contributed by atoms with Gasteiger partial charge in [0.2, 0.25) is 0 Å². The SMILES string of the molecule is CC[C@H]1COCC2[C@@H]1NC(=O)C(=O)N2Cc1ccccc1. The number of nitrogens with zero attached hydrogens (tertiary/aromatic N) is 1. The minimum atomic E-state index is -0.493. The van der Waals surface area contributed by atoms with Gasteiger partial charge in [-0.05, 0) is 12.0 Å². The Kier molecular flexibility index (Phi) is 3.92. The molecule has 21 heavy (non-hydrogen) atoms. The van der Waals surface area contributed by atoms with Crippen LogP contribution in [0.25, 0.3) is 0 Å². The second-order valence-electron chi connectivity index (χ2n) is 5.69. The van der Waals surface area contributed by atoms with E-state index in [-0.39, 0.29) is 18.0 Å². The summed E-state index contributed by atoms with van der Waals surface area (Å²) in [5.41, 5.74) is 1.03. The van der Waals surface area contributed by atoms with Crippen LogP contribution in [0.5, 0.6) is 0 Å². The van der Waals surface area contributed by atoms with Crippen LogP contribution in [-0.4, -0.2) is 42.0 Å². The largest absolute Gasteiger partial charge is 0.379 e. The van der Waals surface area contributed by atoms with E-state index in [0.29, 0.717) is 19.8 Å². The lowest BCUT2D eigenvalue weighted by Gasteiger charge is -2.46. The number of carbonyl (C=O) groups excluding carboxylic acids is 2. The van der Waals surface area contributed by atoms with Gasteiger partial charge in [-0.25, -0.2) is 0 Å². The van der Waals surface area contributed by atoms with Crippen molar-refractivity contribution in [1.82, 2.24) is 10.2 Å². The molecule has 2 aliphatic rings. The number of hydrogen-bond acceptors (Lipinski definition) is 3. The Labute approximate surface area is 124 Å². The van der Waals surface area contributed by atoms with E-state index in [4.69, 9.17) is 4.74 Å². The molecule has 112 valence electrons. The molecule has 2 fully saturated rings. The number of fused-ring (bicyclic) bond motifs is 1. The van der Waals surface area contributed by atoms with Crippen molar-refractivity contribution in [3.63, 3.8) is 0 Å². The van der Waals surface area contributed by atoms with Crippen molar-refractivity contribution in [3.05, 3.63) is 35.9 Å². The van der Waals surface area contributed by atoms with Crippen molar-refractivity contribution < 1.29 is 14.3 Å². The first kappa shape index (κ1) is 14.1. The molecule has 0 radical (unpaired) electrons. The Morgan fingerprint density at radius 3 is 2.71 bits per heavy atom. The topological polar surface area (TPSA) is 58.6 Å². The maximum absolute atomic E-state index is 12.2. The third-order valence-electron chi connectivity index (χ3n) is 4.42. The molecule has 2 amide bonds. The van der Waals surface area contributed by atoms with Gasteiger partial charge in [0, 0.05) is 12.5 Å². The zero-order valence-electron chi connectivity index (χ0n) is 12.1. The summed E-state index contributed by atoms with van der Waals surface area (Å²) in [4.78, 5) is 25.9. The number of ether oxygens (including phenoxy) is 1. The highest BCUT2D eigenvalue weighted by molar-refractivity contribution is 6.35. The summed E-state index contributed by atoms with van der Waals surface area (Å²) >= 11 is 0. The summed E-state index contributed by atoms with van der Waals surface area (Å²) in [6.45, 7) is 3.67. The first-order chi connectivity index (χ1) is 10.2. The highest BCUT2D eigenvalue weighted by Crippen LogP contribution is 2.26. The van der Waals surface area contributed by atoms with Crippen LogP contribution in [0.3, 0.4) is 0 Å². The molecule has 0 aliphatic carbocycles. The van der Waals surface area contributed by atoms with E-state index in [1.54, 1.807) is 4.90 Å². The number of benzene rings is 1. The summed E-state index contributed by atoms with van der Waals surface area (Å²) < 4.78 is 5.65. The van der Waals surface area contributed by atoms with Gasteiger partial charge in [-0.1, -0.05) is 37.3 Å². The van der Waals surface area contributed by atoms with Crippen molar-refractivity contribution in [3.8, 4) is 0 Å². The number of hydrogen-bond donors (Lipinski definition) is 1. The minimum absolute atomic E-state index is 0.00216. The van der Waals surface area contributed by atoms with Crippen LogP contribution >= 0.6 is 0 Å². The van der Waals surface area contributed by atoms with E-state index in [9.17, 15) is 9.59 Å². The smallest absolute Gasteiger partial charge is 0.312 e. The molecule has 2 saturated heterocycles. The number of piperazine rings is 1. The molecule has 0 bridgehead atoms. The van der Waals surface area contributed by atoms with Crippen molar-refractivity contribution in [2.24, 2.45) is 5.92 Å². The standard InChI is InChI=1S/C16H20N2O3/c1-2-12-9-21-10-13-14(12)17-15(19)16(20)18(13)8-11-6-4-3-5-7-11/h3-7,12-14H,2,8-10H2,1H3,(H,17,19)/t12-,13?,14+/m0/s1. The van der Waals surface area contributed by atoms with E-state index in [1.165, 1.54) is 0 Å². The second-order valence-corrected chi connectivity index (χ2v) is 5.69. The third kappa shape index (κ3) is 2.65.